The first-order valence-corrected chi connectivity index (χ1v) is 11.8. The van der Waals surface area contributed by atoms with Crippen LogP contribution in [0, 0.1) is 5.82 Å². The van der Waals surface area contributed by atoms with Crippen LogP contribution in [0.25, 0.3) is 26.4 Å². The normalized spacial score (nSPS) is 21.0. The van der Waals surface area contributed by atoms with Crippen LogP contribution in [0.15, 0.2) is 42.6 Å². The summed E-state index contributed by atoms with van der Waals surface area (Å²) < 4.78 is 23.2. The average Bonchev–Trinajstić information content (AvgIpc) is 3.57. The van der Waals surface area contributed by atoms with Crippen LogP contribution in [-0.2, 0) is 4.74 Å². The van der Waals surface area contributed by atoms with Gasteiger partial charge in [-0.25, -0.2) is 9.37 Å². The second-order valence-corrected chi connectivity index (χ2v) is 9.49. The maximum Gasteiger partial charge on any atom is 0.251 e. The van der Waals surface area contributed by atoms with Crippen LogP contribution in [0.4, 0.5) is 4.39 Å². The molecule has 6 nitrogen and oxygen atoms in total. The predicted molar refractivity (Wildman–Crippen MR) is 123 cm³/mol. The Morgan fingerprint density at radius 1 is 1.25 bits per heavy atom. The molecule has 0 bridgehead atoms. The Morgan fingerprint density at radius 2 is 2.19 bits per heavy atom. The van der Waals surface area contributed by atoms with E-state index in [-0.39, 0.29) is 23.8 Å². The first-order valence-electron chi connectivity index (χ1n) is 11.0. The summed E-state index contributed by atoms with van der Waals surface area (Å²) in [5, 5.41) is 6.43. The zero-order valence-corrected chi connectivity index (χ0v) is 18.3. The number of halogens is 1. The van der Waals surface area contributed by atoms with E-state index in [1.807, 2.05) is 40.9 Å². The lowest BCUT2D eigenvalue weighted by molar-refractivity contribution is 0.0930. The van der Waals surface area contributed by atoms with E-state index in [1.165, 1.54) is 11.3 Å². The molecule has 1 unspecified atom stereocenters. The van der Waals surface area contributed by atoms with E-state index in [4.69, 9.17) is 4.74 Å². The molecule has 2 aliphatic rings. The van der Waals surface area contributed by atoms with Gasteiger partial charge in [-0.3, -0.25) is 9.20 Å². The van der Waals surface area contributed by atoms with Gasteiger partial charge in [0.1, 0.15) is 5.82 Å². The van der Waals surface area contributed by atoms with E-state index in [0.29, 0.717) is 30.0 Å². The zero-order valence-electron chi connectivity index (χ0n) is 17.4. The number of aromatic nitrogens is 2. The van der Waals surface area contributed by atoms with Crippen molar-refractivity contribution < 1.29 is 13.9 Å². The highest BCUT2D eigenvalue weighted by Gasteiger charge is 2.21. The van der Waals surface area contributed by atoms with E-state index in [9.17, 15) is 9.18 Å². The topological polar surface area (TPSA) is 67.7 Å². The van der Waals surface area contributed by atoms with Gasteiger partial charge in [-0.05, 0) is 61.7 Å². The molecule has 2 aromatic heterocycles. The molecule has 0 saturated carbocycles. The first-order chi connectivity index (χ1) is 15.7. The molecule has 1 amide bonds. The van der Waals surface area contributed by atoms with E-state index in [2.05, 4.69) is 15.6 Å². The van der Waals surface area contributed by atoms with Gasteiger partial charge in [0, 0.05) is 30.0 Å². The number of thiazole rings is 1. The van der Waals surface area contributed by atoms with Gasteiger partial charge in [0.15, 0.2) is 4.96 Å². The average molecular weight is 451 g/mol. The van der Waals surface area contributed by atoms with Crippen LogP contribution in [0.1, 0.15) is 41.2 Å². The number of ether oxygens (including phenoxy) is 1. The molecule has 164 valence electrons. The Morgan fingerprint density at radius 3 is 2.97 bits per heavy atom. The second kappa shape index (κ2) is 7.95. The predicted octanol–water partition coefficient (Wildman–Crippen LogP) is 4.30. The third-order valence-electron chi connectivity index (χ3n) is 6.35. The van der Waals surface area contributed by atoms with E-state index in [1.54, 1.807) is 6.07 Å². The number of amides is 1. The number of nitrogens with zero attached hydrogens (tertiary/aromatic N) is 2. The standard InChI is InChI=1S/C24H23FN4O2S/c25-18-10-14(19-2-1-8-26-19)3-5-17(18)20-12-29-21-6-4-15(11-22(21)32-24(29)28-20)23(30)27-16-7-9-31-13-16/h3-6,10-12,16,19,26H,1-2,7-9,13H2,(H,27,30)/t16-,19?/m1/s1. The van der Waals surface area contributed by atoms with Crippen LogP contribution in [-0.4, -0.2) is 41.1 Å². The van der Waals surface area contributed by atoms with Crippen molar-refractivity contribution in [3.8, 4) is 11.3 Å². The molecular formula is C24H23FN4O2S. The van der Waals surface area contributed by atoms with Gasteiger partial charge in [-0.15, -0.1) is 0 Å². The lowest BCUT2D eigenvalue weighted by Gasteiger charge is -2.11. The Bertz CT molecular complexity index is 1320. The summed E-state index contributed by atoms with van der Waals surface area (Å²) >= 11 is 1.50. The molecule has 4 heterocycles. The maximum atomic E-state index is 14.9. The molecular weight excluding hydrogens is 427 g/mol. The van der Waals surface area contributed by atoms with Crippen LogP contribution in [0.2, 0.25) is 0 Å². The smallest absolute Gasteiger partial charge is 0.251 e. The lowest BCUT2D eigenvalue weighted by atomic mass is 10.0. The van der Waals surface area contributed by atoms with E-state index < -0.39 is 0 Å². The highest BCUT2D eigenvalue weighted by atomic mass is 32.1. The Labute approximate surface area is 188 Å². The summed E-state index contributed by atoms with van der Waals surface area (Å²) in [5.74, 6) is -0.339. The van der Waals surface area contributed by atoms with Crippen LogP contribution in [0.5, 0.6) is 0 Å². The molecule has 2 aromatic carbocycles. The monoisotopic (exact) mass is 450 g/mol. The van der Waals surface area contributed by atoms with Crippen molar-refractivity contribution in [2.24, 2.45) is 0 Å². The Balaban J connectivity index is 1.29. The summed E-state index contributed by atoms with van der Waals surface area (Å²) in [6, 6.07) is 11.4. The van der Waals surface area contributed by atoms with Crippen LogP contribution < -0.4 is 10.6 Å². The molecule has 0 radical (unpaired) electrons. The largest absolute Gasteiger partial charge is 0.379 e. The van der Waals surface area contributed by atoms with Gasteiger partial charge in [-0.1, -0.05) is 17.4 Å². The van der Waals surface area contributed by atoms with Gasteiger partial charge in [0.05, 0.1) is 28.6 Å². The Kier molecular flexibility index (Phi) is 4.93. The minimum Gasteiger partial charge on any atom is -0.379 e. The summed E-state index contributed by atoms with van der Waals surface area (Å²) in [6.07, 6.45) is 4.88. The highest BCUT2D eigenvalue weighted by Crippen LogP contribution is 2.32. The fourth-order valence-electron chi connectivity index (χ4n) is 4.61. The van der Waals surface area contributed by atoms with Gasteiger partial charge in [0.2, 0.25) is 0 Å². The van der Waals surface area contributed by atoms with Crippen molar-refractivity contribution in [1.82, 2.24) is 20.0 Å². The fourth-order valence-corrected chi connectivity index (χ4v) is 5.66. The quantitative estimate of drug-likeness (QED) is 0.487. The number of carbonyl (C=O) groups excluding carboxylic acids is 1. The van der Waals surface area contributed by atoms with Crippen molar-refractivity contribution in [2.75, 3.05) is 19.8 Å². The molecule has 4 aromatic rings. The van der Waals surface area contributed by atoms with E-state index in [0.717, 1.165) is 46.5 Å². The van der Waals surface area contributed by atoms with Crippen LogP contribution in [0.3, 0.4) is 0 Å². The number of nitrogens with one attached hydrogen (secondary N) is 2. The lowest BCUT2D eigenvalue weighted by Crippen LogP contribution is -2.34. The third-order valence-corrected chi connectivity index (χ3v) is 7.37. The molecule has 32 heavy (non-hydrogen) atoms. The number of benzene rings is 2. The summed E-state index contributed by atoms with van der Waals surface area (Å²) in [6.45, 7) is 2.24. The second-order valence-electron chi connectivity index (χ2n) is 8.49. The summed E-state index contributed by atoms with van der Waals surface area (Å²) in [5.41, 5.74) is 3.69. The molecule has 2 saturated heterocycles. The third kappa shape index (κ3) is 3.48. The molecule has 2 N–H and O–H groups in total. The highest BCUT2D eigenvalue weighted by molar-refractivity contribution is 7.23. The molecule has 2 atom stereocenters. The number of carbonyl (C=O) groups is 1. The van der Waals surface area contributed by atoms with Crippen molar-refractivity contribution >= 4 is 32.4 Å². The number of imidazole rings is 1. The van der Waals surface area contributed by atoms with Crippen molar-refractivity contribution in [3.63, 3.8) is 0 Å². The van der Waals surface area contributed by atoms with Crippen molar-refractivity contribution in [1.29, 1.82) is 0 Å². The summed E-state index contributed by atoms with van der Waals surface area (Å²) in [7, 11) is 0. The van der Waals surface area contributed by atoms with E-state index >= 15 is 0 Å². The number of hydrogen-bond acceptors (Lipinski definition) is 5. The van der Waals surface area contributed by atoms with Gasteiger partial charge in [0.25, 0.3) is 5.91 Å². The number of rotatable bonds is 4. The fraction of sp³-hybridized carbons (Fsp3) is 0.333. The number of fused-ring (bicyclic) bond motifs is 3. The van der Waals surface area contributed by atoms with Crippen LogP contribution >= 0.6 is 11.3 Å². The maximum absolute atomic E-state index is 14.9. The zero-order chi connectivity index (χ0) is 21.7. The minimum absolute atomic E-state index is 0.0761. The van der Waals surface area contributed by atoms with Gasteiger partial charge >= 0.3 is 0 Å². The van der Waals surface area contributed by atoms with Gasteiger partial charge in [-0.2, -0.15) is 0 Å². The molecule has 0 spiro atoms. The summed E-state index contributed by atoms with van der Waals surface area (Å²) in [4.78, 5) is 18.0. The molecule has 0 aliphatic carbocycles. The van der Waals surface area contributed by atoms with Gasteiger partial charge < -0.3 is 15.4 Å². The first kappa shape index (κ1) is 19.8. The SMILES string of the molecule is O=C(N[C@@H]1CCOC1)c1ccc2c(c1)sc1nc(-c3ccc(C4CCCN4)cc3F)cn12. The Hall–Kier alpha value is -2.81. The van der Waals surface area contributed by atoms with Crippen molar-refractivity contribution in [3.05, 3.63) is 59.5 Å². The molecule has 6 rings (SSSR count). The molecule has 2 fully saturated rings. The van der Waals surface area contributed by atoms with Crippen molar-refractivity contribution in [2.45, 2.75) is 31.3 Å². The molecule has 2 aliphatic heterocycles. The minimum atomic E-state index is -0.249. The number of hydrogen-bond donors (Lipinski definition) is 2. The molecule has 8 heteroatoms.